The lowest BCUT2D eigenvalue weighted by Crippen LogP contribution is -2.10. The number of benzene rings is 9. The third-order valence-corrected chi connectivity index (χ3v) is 10.2. The van der Waals surface area contributed by atoms with Gasteiger partial charge in [0.2, 0.25) is 0 Å². The van der Waals surface area contributed by atoms with E-state index in [1.165, 1.54) is 43.8 Å². The normalized spacial score (nSPS) is 11.5. The van der Waals surface area contributed by atoms with E-state index in [0.29, 0.717) is 0 Å². The molecule has 0 amide bonds. The summed E-state index contributed by atoms with van der Waals surface area (Å²) in [6.45, 7) is 0. The summed E-state index contributed by atoms with van der Waals surface area (Å²) in [6.07, 6.45) is 0. The molecule has 0 spiro atoms. The first-order valence-corrected chi connectivity index (χ1v) is 17.7. The molecule has 0 radical (unpaired) electrons. The molecule has 52 heavy (non-hydrogen) atoms. The molecule has 0 unspecified atom stereocenters. The van der Waals surface area contributed by atoms with Crippen molar-refractivity contribution in [2.45, 2.75) is 0 Å². The van der Waals surface area contributed by atoms with Gasteiger partial charge in [0, 0.05) is 27.8 Å². The molecule has 0 saturated heterocycles. The zero-order valence-corrected chi connectivity index (χ0v) is 28.4. The van der Waals surface area contributed by atoms with Crippen molar-refractivity contribution in [1.82, 2.24) is 0 Å². The monoisotopic (exact) mass is 663 g/mol. The summed E-state index contributed by atoms with van der Waals surface area (Å²) in [6, 6.07) is 71.9. The highest BCUT2D eigenvalue weighted by molar-refractivity contribution is 6.06. The maximum absolute atomic E-state index is 6.14. The Morgan fingerprint density at radius 3 is 1.38 bits per heavy atom. The molecular weight excluding hydrogens is 631 g/mol. The van der Waals surface area contributed by atoms with E-state index >= 15 is 0 Å². The number of rotatable bonds is 6. The first-order chi connectivity index (χ1) is 25.7. The molecule has 0 fully saturated rings. The highest BCUT2D eigenvalue weighted by Gasteiger charge is 2.16. The Kier molecular flexibility index (Phi) is 7.18. The van der Waals surface area contributed by atoms with Crippen LogP contribution in [0.1, 0.15) is 0 Å². The molecule has 0 aliphatic carbocycles. The number of anilines is 3. The van der Waals surface area contributed by atoms with Crippen molar-refractivity contribution in [1.29, 1.82) is 0 Å². The van der Waals surface area contributed by atoms with E-state index in [1.807, 2.05) is 12.1 Å². The number of fused-ring (bicyclic) bond motifs is 5. The van der Waals surface area contributed by atoms with E-state index in [0.717, 1.165) is 50.1 Å². The van der Waals surface area contributed by atoms with Crippen LogP contribution in [-0.4, -0.2) is 0 Å². The van der Waals surface area contributed by atoms with Crippen molar-refractivity contribution < 1.29 is 4.42 Å². The lowest BCUT2D eigenvalue weighted by molar-refractivity contribution is 0.669. The third kappa shape index (κ3) is 5.39. The van der Waals surface area contributed by atoms with E-state index in [4.69, 9.17) is 4.42 Å². The van der Waals surface area contributed by atoms with Crippen molar-refractivity contribution in [3.63, 3.8) is 0 Å². The molecule has 0 N–H and O–H groups in total. The fraction of sp³-hybridized carbons (Fsp3) is 0. The second-order valence-corrected chi connectivity index (χ2v) is 13.4. The van der Waals surface area contributed by atoms with Crippen LogP contribution in [0, 0.1) is 0 Å². The van der Waals surface area contributed by atoms with Crippen molar-refractivity contribution >= 4 is 60.5 Å². The summed E-state index contributed by atoms with van der Waals surface area (Å²) in [5, 5.41) is 7.26. The summed E-state index contributed by atoms with van der Waals surface area (Å²) < 4.78 is 6.14. The van der Waals surface area contributed by atoms with Gasteiger partial charge in [-0.2, -0.15) is 0 Å². The maximum atomic E-state index is 6.14. The van der Waals surface area contributed by atoms with E-state index in [2.05, 4.69) is 193 Å². The molecule has 1 aromatic heterocycles. The van der Waals surface area contributed by atoms with Crippen LogP contribution in [0.4, 0.5) is 17.1 Å². The molecule has 0 aliphatic rings. The van der Waals surface area contributed by atoms with Gasteiger partial charge in [0.25, 0.3) is 0 Å². The van der Waals surface area contributed by atoms with Gasteiger partial charge in [0.1, 0.15) is 11.2 Å². The summed E-state index contributed by atoms with van der Waals surface area (Å²) in [4.78, 5) is 2.35. The molecule has 2 nitrogen and oxygen atoms in total. The minimum Gasteiger partial charge on any atom is -0.456 e. The fourth-order valence-electron chi connectivity index (χ4n) is 7.52. The second-order valence-electron chi connectivity index (χ2n) is 13.4. The van der Waals surface area contributed by atoms with E-state index in [-0.39, 0.29) is 0 Å². The topological polar surface area (TPSA) is 16.4 Å². The Morgan fingerprint density at radius 1 is 0.269 bits per heavy atom. The van der Waals surface area contributed by atoms with Crippen molar-refractivity contribution in [3.05, 3.63) is 200 Å². The third-order valence-electron chi connectivity index (χ3n) is 10.2. The maximum Gasteiger partial charge on any atom is 0.135 e. The average Bonchev–Trinajstić information content (AvgIpc) is 3.59. The van der Waals surface area contributed by atoms with Gasteiger partial charge in [-0.15, -0.1) is 0 Å². The molecule has 0 saturated carbocycles. The van der Waals surface area contributed by atoms with Crippen LogP contribution in [-0.2, 0) is 0 Å². The Labute approximate surface area is 302 Å². The lowest BCUT2D eigenvalue weighted by Gasteiger charge is -2.26. The number of para-hydroxylation sites is 1. The number of hydrogen-bond acceptors (Lipinski definition) is 2. The Bertz CT molecular complexity index is 2780. The fourth-order valence-corrected chi connectivity index (χ4v) is 7.52. The van der Waals surface area contributed by atoms with Crippen molar-refractivity contribution in [3.8, 4) is 33.4 Å². The van der Waals surface area contributed by atoms with Gasteiger partial charge >= 0.3 is 0 Å². The van der Waals surface area contributed by atoms with Gasteiger partial charge in [-0.05, 0) is 122 Å². The predicted octanol–water partition coefficient (Wildman–Crippen LogP) is 14.4. The molecular formula is C50H33NO. The Morgan fingerprint density at radius 2 is 0.750 bits per heavy atom. The van der Waals surface area contributed by atoms with Crippen LogP contribution in [0.2, 0.25) is 0 Å². The average molecular weight is 664 g/mol. The standard InChI is InChI=1S/C50H33NO/c1-3-10-38-30-41(18-16-34(38)8-1)36-20-25-44(26-21-36)51(45-27-22-37(23-28-45)42-19-17-35-9-2-4-11-39(35)31-42)46-13-7-12-40(32-46)43-24-29-50-48(33-43)47-14-5-6-15-49(47)52-50/h1-33H. The molecule has 10 rings (SSSR count). The lowest BCUT2D eigenvalue weighted by atomic mass is 9.99. The van der Waals surface area contributed by atoms with Gasteiger partial charge in [-0.1, -0.05) is 133 Å². The van der Waals surface area contributed by atoms with Crippen LogP contribution >= 0.6 is 0 Å². The molecule has 0 bridgehead atoms. The van der Waals surface area contributed by atoms with Gasteiger partial charge in [-0.25, -0.2) is 0 Å². The zero-order valence-electron chi connectivity index (χ0n) is 28.4. The van der Waals surface area contributed by atoms with Gasteiger partial charge in [0.05, 0.1) is 0 Å². The van der Waals surface area contributed by atoms with Crippen LogP contribution < -0.4 is 4.90 Å². The van der Waals surface area contributed by atoms with Crippen molar-refractivity contribution in [2.75, 3.05) is 4.90 Å². The largest absolute Gasteiger partial charge is 0.456 e. The minimum atomic E-state index is 0.903. The van der Waals surface area contributed by atoms with Crippen LogP contribution in [0.3, 0.4) is 0 Å². The summed E-state index contributed by atoms with van der Waals surface area (Å²) >= 11 is 0. The smallest absolute Gasteiger partial charge is 0.135 e. The first kappa shape index (κ1) is 30.0. The van der Waals surface area contributed by atoms with Crippen LogP contribution in [0.5, 0.6) is 0 Å². The van der Waals surface area contributed by atoms with E-state index in [9.17, 15) is 0 Å². The van der Waals surface area contributed by atoms with E-state index in [1.54, 1.807) is 0 Å². The van der Waals surface area contributed by atoms with Crippen LogP contribution in [0.25, 0.3) is 76.9 Å². The summed E-state index contributed by atoms with van der Waals surface area (Å²) in [5.74, 6) is 0. The second kappa shape index (κ2) is 12.5. The van der Waals surface area contributed by atoms with Gasteiger partial charge in [-0.3, -0.25) is 0 Å². The SMILES string of the molecule is c1cc(-c2ccc3oc4ccccc4c3c2)cc(N(c2ccc(-c3ccc4ccccc4c3)cc2)c2ccc(-c3ccc4ccccc4c3)cc2)c1. The summed E-state index contributed by atoms with van der Waals surface area (Å²) in [5.41, 5.74) is 12.2. The Balaban J connectivity index is 1.06. The number of furan rings is 1. The van der Waals surface area contributed by atoms with Crippen molar-refractivity contribution in [2.24, 2.45) is 0 Å². The molecule has 0 atom stereocenters. The zero-order chi connectivity index (χ0) is 34.4. The molecule has 1 heterocycles. The molecule has 244 valence electrons. The molecule has 9 aromatic carbocycles. The Hall–Kier alpha value is -6.90. The highest BCUT2D eigenvalue weighted by atomic mass is 16.3. The van der Waals surface area contributed by atoms with Gasteiger partial charge in [0.15, 0.2) is 0 Å². The summed E-state index contributed by atoms with van der Waals surface area (Å²) in [7, 11) is 0. The molecule has 0 aliphatic heterocycles. The minimum absolute atomic E-state index is 0.903. The molecule has 2 heteroatoms. The van der Waals surface area contributed by atoms with Gasteiger partial charge < -0.3 is 9.32 Å². The number of nitrogens with zero attached hydrogens (tertiary/aromatic N) is 1. The predicted molar refractivity (Wildman–Crippen MR) is 220 cm³/mol. The number of hydrogen-bond donors (Lipinski definition) is 0. The van der Waals surface area contributed by atoms with Crippen LogP contribution in [0.15, 0.2) is 205 Å². The molecule has 10 aromatic rings. The first-order valence-electron chi connectivity index (χ1n) is 17.7. The van der Waals surface area contributed by atoms with E-state index < -0.39 is 0 Å². The quantitative estimate of drug-likeness (QED) is 0.176. The highest BCUT2D eigenvalue weighted by Crippen LogP contribution is 2.40.